The molecule has 31 heavy (non-hydrogen) atoms. The van der Waals surface area contributed by atoms with E-state index in [4.69, 9.17) is 5.26 Å². The zero-order valence-corrected chi connectivity index (χ0v) is 19.1. The lowest BCUT2D eigenvalue weighted by molar-refractivity contribution is -0.118. The van der Waals surface area contributed by atoms with Crippen molar-refractivity contribution in [3.05, 3.63) is 59.2 Å². The van der Waals surface area contributed by atoms with Crippen LogP contribution in [0.2, 0.25) is 0 Å². The third kappa shape index (κ3) is 4.96. The number of nitriles is 1. The second-order valence-electron chi connectivity index (χ2n) is 8.18. The van der Waals surface area contributed by atoms with Gasteiger partial charge in [0.25, 0.3) is 0 Å². The number of aryl methyl sites for hydroxylation is 2. The Bertz CT molecular complexity index is 1090. The summed E-state index contributed by atoms with van der Waals surface area (Å²) in [4.78, 5) is 14.8. The zero-order valence-electron chi connectivity index (χ0n) is 18.3. The molecule has 1 fully saturated rings. The molecule has 0 aliphatic carbocycles. The Kier molecular flexibility index (Phi) is 6.80. The lowest BCUT2D eigenvalue weighted by atomic mass is 10.1. The highest BCUT2D eigenvalue weighted by Crippen LogP contribution is 2.26. The van der Waals surface area contributed by atoms with Crippen molar-refractivity contribution < 1.29 is 13.2 Å². The second kappa shape index (κ2) is 9.18. The summed E-state index contributed by atoms with van der Waals surface area (Å²) >= 11 is 0. The van der Waals surface area contributed by atoms with Crippen LogP contribution >= 0.6 is 0 Å². The standard InChI is InChI=1S/C23H28N4O3S/c1-16-7-5-8-17(2)23(16)25-22(28)15-26-13-18(3)27(19(4)14-26)31(29,30)21-10-6-9-20(11-21)12-24/h5-11,18-19H,13-15H2,1-4H3,(H,25,28). The number of carbonyl (C=O) groups is 1. The van der Waals surface area contributed by atoms with E-state index in [0.717, 1.165) is 16.8 Å². The first-order valence-electron chi connectivity index (χ1n) is 10.3. The van der Waals surface area contributed by atoms with Gasteiger partial charge in [-0.2, -0.15) is 9.57 Å². The zero-order chi connectivity index (χ0) is 22.8. The van der Waals surface area contributed by atoms with Crippen molar-refractivity contribution in [3.8, 4) is 6.07 Å². The van der Waals surface area contributed by atoms with Crippen molar-refractivity contribution in [1.82, 2.24) is 9.21 Å². The Morgan fingerprint density at radius 3 is 2.26 bits per heavy atom. The number of piperazine rings is 1. The molecule has 2 aromatic rings. The van der Waals surface area contributed by atoms with Crippen LogP contribution in [0, 0.1) is 25.2 Å². The molecule has 2 atom stereocenters. The molecule has 1 heterocycles. The summed E-state index contributed by atoms with van der Waals surface area (Å²) in [6.45, 7) is 8.69. The highest BCUT2D eigenvalue weighted by atomic mass is 32.2. The minimum absolute atomic E-state index is 0.116. The fraction of sp³-hybridized carbons (Fsp3) is 0.391. The van der Waals surface area contributed by atoms with Gasteiger partial charge in [-0.25, -0.2) is 8.42 Å². The molecule has 8 heteroatoms. The summed E-state index contributed by atoms with van der Waals surface area (Å²) < 4.78 is 28.0. The lowest BCUT2D eigenvalue weighted by Crippen LogP contribution is -2.59. The summed E-state index contributed by atoms with van der Waals surface area (Å²) in [7, 11) is -3.75. The molecule has 0 radical (unpaired) electrons. The van der Waals surface area contributed by atoms with E-state index in [1.807, 2.05) is 56.9 Å². The molecule has 3 rings (SSSR count). The van der Waals surface area contributed by atoms with Crippen LogP contribution < -0.4 is 5.32 Å². The van der Waals surface area contributed by atoms with Crippen LogP contribution in [-0.4, -0.2) is 55.2 Å². The van der Waals surface area contributed by atoms with Crippen LogP contribution in [0.5, 0.6) is 0 Å². The molecule has 1 aliphatic rings. The molecule has 2 aromatic carbocycles. The average Bonchev–Trinajstić information content (AvgIpc) is 2.70. The predicted octanol–water partition coefficient (Wildman–Crippen LogP) is 2.90. The number of nitrogens with one attached hydrogen (secondary N) is 1. The first-order chi connectivity index (χ1) is 14.6. The fourth-order valence-electron chi connectivity index (χ4n) is 4.26. The Hall–Kier alpha value is -2.73. The summed E-state index contributed by atoms with van der Waals surface area (Å²) in [5, 5.41) is 12.1. The van der Waals surface area contributed by atoms with Gasteiger partial charge >= 0.3 is 0 Å². The van der Waals surface area contributed by atoms with Crippen LogP contribution in [0.1, 0.15) is 30.5 Å². The molecule has 0 saturated carbocycles. The van der Waals surface area contributed by atoms with Crippen molar-refractivity contribution >= 4 is 21.6 Å². The first-order valence-corrected chi connectivity index (χ1v) is 11.7. The highest BCUT2D eigenvalue weighted by molar-refractivity contribution is 7.89. The van der Waals surface area contributed by atoms with Gasteiger partial charge in [0.05, 0.1) is 23.1 Å². The molecule has 7 nitrogen and oxygen atoms in total. The van der Waals surface area contributed by atoms with E-state index in [2.05, 4.69) is 5.32 Å². The van der Waals surface area contributed by atoms with Crippen LogP contribution in [0.4, 0.5) is 5.69 Å². The van der Waals surface area contributed by atoms with Crippen LogP contribution in [-0.2, 0) is 14.8 Å². The van der Waals surface area contributed by atoms with Crippen LogP contribution in [0.15, 0.2) is 47.4 Å². The monoisotopic (exact) mass is 440 g/mol. The molecule has 1 aliphatic heterocycles. The van der Waals surface area contributed by atoms with E-state index in [-0.39, 0.29) is 29.4 Å². The van der Waals surface area contributed by atoms with Crippen molar-refractivity contribution in [2.24, 2.45) is 0 Å². The van der Waals surface area contributed by atoms with Gasteiger partial charge < -0.3 is 5.32 Å². The maximum Gasteiger partial charge on any atom is 0.243 e. The predicted molar refractivity (Wildman–Crippen MR) is 120 cm³/mol. The molecule has 2 unspecified atom stereocenters. The number of para-hydroxylation sites is 1. The number of carbonyl (C=O) groups excluding carboxylic acids is 1. The Labute approximate surface area is 184 Å². The Balaban J connectivity index is 1.71. The van der Waals surface area contributed by atoms with Crippen molar-refractivity contribution in [2.45, 2.75) is 44.7 Å². The van der Waals surface area contributed by atoms with Gasteiger partial charge in [-0.3, -0.25) is 9.69 Å². The van der Waals surface area contributed by atoms with Crippen molar-refractivity contribution in [1.29, 1.82) is 5.26 Å². The van der Waals surface area contributed by atoms with E-state index in [1.165, 1.54) is 16.4 Å². The van der Waals surface area contributed by atoms with Gasteiger partial charge in [-0.15, -0.1) is 0 Å². The maximum atomic E-state index is 13.2. The number of rotatable bonds is 5. The van der Waals surface area contributed by atoms with E-state index in [9.17, 15) is 13.2 Å². The Morgan fingerprint density at radius 2 is 1.68 bits per heavy atom. The van der Waals surface area contributed by atoms with E-state index < -0.39 is 10.0 Å². The van der Waals surface area contributed by atoms with Crippen LogP contribution in [0.3, 0.4) is 0 Å². The minimum Gasteiger partial charge on any atom is -0.324 e. The number of hydrogen-bond donors (Lipinski definition) is 1. The van der Waals surface area contributed by atoms with Crippen LogP contribution in [0.25, 0.3) is 0 Å². The number of hydrogen-bond acceptors (Lipinski definition) is 5. The minimum atomic E-state index is -3.75. The second-order valence-corrected chi connectivity index (χ2v) is 10.0. The number of anilines is 1. The summed E-state index contributed by atoms with van der Waals surface area (Å²) in [5.74, 6) is -0.116. The number of nitrogens with zero attached hydrogens (tertiary/aromatic N) is 3. The number of amides is 1. The number of benzene rings is 2. The van der Waals surface area contributed by atoms with Crippen molar-refractivity contribution in [2.75, 3.05) is 25.0 Å². The van der Waals surface area contributed by atoms with Gasteiger partial charge in [0, 0.05) is 30.9 Å². The third-order valence-corrected chi connectivity index (χ3v) is 7.69. The summed E-state index contributed by atoms with van der Waals surface area (Å²) in [6, 6.07) is 13.3. The average molecular weight is 441 g/mol. The molecular formula is C23H28N4O3S. The normalized spacial score (nSPS) is 20.2. The van der Waals surface area contributed by atoms with Crippen molar-refractivity contribution in [3.63, 3.8) is 0 Å². The highest BCUT2D eigenvalue weighted by Gasteiger charge is 2.38. The molecule has 1 saturated heterocycles. The smallest absolute Gasteiger partial charge is 0.243 e. The van der Waals surface area contributed by atoms with Gasteiger partial charge in [-0.1, -0.05) is 24.3 Å². The Morgan fingerprint density at radius 1 is 1.10 bits per heavy atom. The van der Waals surface area contributed by atoms with E-state index >= 15 is 0 Å². The van der Waals surface area contributed by atoms with E-state index in [1.54, 1.807) is 12.1 Å². The molecule has 164 valence electrons. The third-order valence-electron chi connectivity index (χ3n) is 5.56. The van der Waals surface area contributed by atoms with Gasteiger partial charge in [0.15, 0.2) is 0 Å². The largest absolute Gasteiger partial charge is 0.324 e. The molecule has 0 spiro atoms. The maximum absolute atomic E-state index is 13.2. The van der Waals surface area contributed by atoms with E-state index in [0.29, 0.717) is 18.7 Å². The SMILES string of the molecule is Cc1cccc(C)c1NC(=O)CN1CC(C)N(S(=O)(=O)c2cccc(C#N)c2)C(C)C1. The lowest BCUT2D eigenvalue weighted by Gasteiger charge is -2.43. The number of sulfonamides is 1. The quantitative estimate of drug-likeness (QED) is 0.772. The summed E-state index contributed by atoms with van der Waals surface area (Å²) in [6.07, 6.45) is 0. The topological polar surface area (TPSA) is 93.5 Å². The molecule has 0 bridgehead atoms. The fourth-order valence-corrected chi connectivity index (χ4v) is 6.11. The first kappa shape index (κ1) is 22.9. The van der Waals surface area contributed by atoms with Gasteiger partial charge in [0.2, 0.25) is 15.9 Å². The summed E-state index contributed by atoms with van der Waals surface area (Å²) in [5.41, 5.74) is 3.14. The van der Waals surface area contributed by atoms with Gasteiger partial charge in [-0.05, 0) is 57.0 Å². The molecule has 0 aromatic heterocycles. The van der Waals surface area contributed by atoms with Gasteiger partial charge in [0.1, 0.15) is 0 Å². The molecule has 1 N–H and O–H groups in total. The molecule has 1 amide bonds. The molecular weight excluding hydrogens is 412 g/mol.